The van der Waals surface area contributed by atoms with Gasteiger partial charge in [0.2, 0.25) is 8.32 Å². The molecule has 0 saturated heterocycles. The SMILES string of the molecule is C=C(C)C(=O)OCCC[Si](C)(OC)OC.C=C[Si](C)(CO)OC. The van der Waals surface area contributed by atoms with Gasteiger partial charge in [-0.3, -0.25) is 0 Å². The molecular weight excluding hydrogens is 332 g/mol. The van der Waals surface area contributed by atoms with Gasteiger partial charge < -0.3 is 23.1 Å². The van der Waals surface area contributed by atoms with Gasteiger partial charge in [-0.05, 0) is 32.5 Å². The van der Waals surface area contributed by atoms with Crippen LogP contribution in [-0.2, 0) is 22.8 Å². The maximum atomic E-state index is 11.0. The summed E-state index contributed by atoms with van der Waals surface area (Å²) in [6, 6.07) is 0.809. The highest BCUT2D eigenvalue weighted by Crippen LogP contribution is 2.13. The average Bonchev–Trinajstić information content (AvgIpc) is 2.57. The minimum Gasteiger partial charge on any atom is -0.462 e. The van der Waals surface area contributed by atoms with E-state index in [4.69, 9.17) is 23.1 Å². The molecule has 1 atom stereocenters. The number of carbonyl (C=O) groups excluding carboxylic acids is 1. The molecule has 6 nitrogen and oxygen atoms in total. The van der Waals surface area contributed by atoms with Crippen molar-refractivity contribution in [2.45, 2.75) is 32.5 Å². The quantitative estimate of drug-likeness (QED) is 0.277. The minimum absolute atomic E-state index is 0.118. The fraction of sp³-hybridized carbons (Fsp3) is 0.667. The molecule has 0 spiro atoms. The Hall–Kier alpha value is -0.776. The van der Waals surface area contributed by atoms with E-state index < -0.39 is 16.9 Å². The third kappa shape index (κ3) is 11.4. The maximum absolute atomic E-state index is 11.0. The molecule has 1 N–H and O–H groups in total. The summed E-state index contributed by atoms with van der Waals surface area (Å²) in [5, 5.41) is 8.65. The lowest BCUT2D eigenvalue weighted by Gasteiger charge is -2.22. The molecule has 0 bridgehead atoms. The van der Waals surface area contributed by atoms with Crippen molar-refractivity contribution in [3.63, 3.8) is 0 Å². The fourth-order valence-electron chi connectivity index (χ4n) is 1.18. The molecule has 1 unspecified atom stereocenters. The van der Waals surface area contributed by atoms with Crippen LogP contribution in [-0.4, -0.2) is 62.1 Å². The van der Waals surface area contributed by atoms with Crippen LogP contribution in [0.5, 0.6) is 0 Å². The Kier molecular flexibility index (Phi) is 13.4. The van der Waals surface area contributed by atoms with E-state index in [-0.39, 0.29) is 12.2 Å². The third-order valence-electron chi connectivity index (χ3n) is 3.43. The number of carbonyl (C=O) groups is 1. The van der Waals surface area contributed by atoms with Crippen molar-refractivity contribution < 1.29 is 27.9 Å². The first-order valence-electron chi connectivity index (χ1n) is 7.36. The lowest BCUT2D eigenvalue weighted by molar-refractivity contribution is -0.138. The van der Waals surface area contributed by atoms with Gasteiger partial charge in [0.25, 0.3) is 0 Å². The van der Waals surface area contributed by atoms with Crippen LogP contribution in [0.25, 0.3) is 0 Å². The molecular formula is C15H32O6Si2. The van der Waals surface area contributed by atoms with Crippen molar-refractivity contribution in [1.82, 2.24) is 0 Å². The van der Waals surface area contributed by atoms with Gasteiger partial charge in [0.15, 0.2) is 0 Å². The molecule has 0 rings (SSSR count). The van der Waals surface area contributed by atoms with Crippen LogP contribution in [0, 0.1) is 0 Å². The van der Waals surface area contributed by atoms with Crippen LogP contribution in [0.4, 0.5) is 0 Å². The summed E-state index contributed by atoms with van der Waals surface area (Å²) in [6.45, 7) is 13.0. The zero-order chi connectivity index (χ0) is 18.5. The highest BCUT2D eigenvalue weighted by atomic mass is 28.4. The van der Waals surface area contributed by atoms with E-state index in [1.165, 1.54) is 0 Å². The molecule has 0 aliphatic heterocycles. The van der Waals surface area contributed by atoms with Crippen LogP contribution in [0.1, 0.15) is 13.3 Å². The first-order valence-corrected chi connectivity index (χ1v) is 12.6. The molecule has 23 heavy (non-hydrogen) atoms. The average molecular weight is 365 g/mol. The Morgan fingerprint density at radius 1 is 1.17 bits per heavy atom. The van der Waals surface area contributed by atoms with Gasteiger partial charge in [-0.25, -0.2) is 4.79 Å². The summed E-state index contributed by atoms with van der Waals surface area (Å²) in [7, 11) is 1.04. The van der Waals surface area contributed by atoms with Crippen molar-refractivity contribution in [3.8, 4) is 0 Å². The van der Waals surface area contributed by atoms with E-state index in [1.54, 1.807) is 34.0 Å². The van der Waals surface area contributed by atoms with E-state index in [1.807, 2.05) is 13.1 Å². The molecule has 0 aromatic heterocycles. The summed E-state index contributed by atoms with van der Waals surface area (Å²) in [4.78, 5) is 11.0. The normalized spacial score (nSPS) is 13.3. The topological polar surface area (TPSA) is 74.2 Å². The van der Waals surface area contributed by atoms with E-state index >= 15 is 0 Å². The lowest BCUT2D eigenvalue weighted by Crippen LogP contribution is -2.36. The zero-order valence-electron chi connectivity index (χ0n) is 15.3. The predicted molar refractivity (Wildman–Crippen MR) is 96.7 cm³/mol. The molecule has 0 aliphatic rings. The van der Waals surface area contributed by atoms with Crippen LogP contribution in [0.15, 0.2) is 24.4 Å². The summed E-state index contributed by atoms with van der Waals surface area (Å²) >= 11 is 0. The number of esters is 1. The number of ether oxygens (including phenoxy) is 1. The second-order valence-electron chi connectivity index (χ2n) is 5.44. The van der Waals surface area contributed by atoms with Gasteiger partial charge in [0.1, 0.15) is 0 Å². The first kappa shape index (κ1) is 24.5. The molecule has 0 radical (unpaired) electrons. The number of aliphatic hydroxyl groups is 1. The van der Waals surface area contributed by atoms with Gasteiger partial charge in [0.05, 0.1) is 12.8 Å². The maximum Gasteiger partial charge on any atom is 0.334 e. The number of aliphatic hydroxyl groups excluding tert-OH is 1. The smallest absolute Gasteiger partial charge is 0.334 e. The third-order valence-corrected chi connectivity index (χ3v) is 8.85. The van der Waals surface area contributed by atoms with Crippen molar-refractivity contribution in [3.05, 3.63) is 24.4 Å². The van der Waals surface area contributed by atoms with Gasteiger partial charge in [0, 0.05) is 26.9 Å². The molecule has 0 aromatic carbocycles. The van der Waals surface area contributed by atoms with Crippen LogP contribution in [0.3, 0.4) is 0 Å². The Morgan fingerprint density at radius 2 is 1.70 bits per heavy atom. The van der Waals surface area contributed by atoms with E-state index in [0.717, 1.165) is 12.5 Å². The van der Waals surface area contributed by atoms with Crippen LogP contribution in [0.2, 0.25) is 19.1 Å². The van der Waals surface area contributed by atoms with Gasteiger partial charge in [-0.1, -0.05) is 12.3 Å². The molecule has 0 saturated carbocycles. The molecule has 0 aromatic rings. The lowest BCUT2D eigenvalue weighted by atomic mass is 10.4. The monoisotopic (exact) mass is 364 g/mol. The Balaban J connectivity index is 0. The first-order chi connectivity index (χ1) is 10.6. The summed E-state index contributed by atoms with van der Waals surface area (Å²) in [5.74, 6) is -0.340. The molecule has 0 heterocycles. The Labute approximate surface area is 142 Å². The largest absolute Gasteiger partial charge is 0.462 e. The molecule has 0 amide bonds. The fourth-order valence-corrected chi connectivity index (χ4v) is 2.97. The highest BCUT2D eigenvalue weighted by Gasteiger charge is 2.27. The molecule has 0 aliphatic carbocycles. The Bertz CT molecular complexity index is 365. The van der Waals surface area contributed by atoms with Crippen molar-refractivity contribution in [2.75, 3.05) is 34.2 Å². The minimum atomic E-state index is -2.01. The number of hydrogen-bond donors (Lipinski definition) is 1. The van der Waals surface area contributed by atoms with Crippen LogP contribution < -0.4 is 0 Å². The second kappa shape index (κ2) is 12.6. The summed E-state index contributed by atoms with van der Waals surface area (Å²) in [5.41, 5.74) is 2.14. The van der Waals surface area contributed by atoms with E-state index in [2.05, 4.69) is 13.2 Å². The number of hydrogen-bond acceptors (Lipinski definition) is 6. The van der Waals surface area contributed by atoms with E-state index in [0.29, 0.717) is 12.2 Å². The van der Waals surface area contributed by atoms with Gasteiger partial charge >= 0.3 is 14.5 Å². The molecule has 136 valence electrons. The van der Waals surface area contributed by atoms with Crippen molar-refractivity contribution in [1.29, 1.82) is 0 Å². The predicted octanol–water partition coefficient (Wildman–Crippen LogP) is 2.33. The van der Waals surface area contributed by atoms with Crippen molar-refractivity contribution >= 4 is 22.8 Å². The number of rotatable bonds is 10. The van der Waals surface area contributed by atoms with E-state index in [9.17, 15) is 4.79 Å². The van der Waals surface area contributed by atoms with Crippen LogP contribution >= 0.6 is 0 Å². The standard InChI is InChI=1S/C10H20O4Si.C5H12O2Si/c1-9(2)10(11)14-7-6-8-15(5,12-3)13-4;1-4-8(3,5-6)7-2/h1,6-8H2,2-5H3;4,6H,1,5H2,2-3H3. The Morgan fingerprint density at radius 3 is 1.96 bits per heavy atom. The summed E-state index contributed by atoms with van der Waals surface area (Å²) in [6.07, 6.45) is 0.871. The molecule has 8 heteroatoms. The van der Waals surface area contributed by atoms with Crippen molar-refractivity contribution in [2.24, 2.45) is 0 Å². The second-order valence-corrected chi connectivity index (χ2v) is 12.8. The summed E-state index contributed by atoms with van der Waals surface area (Å²) < 4.78 is 20.6. The van der Waals surface area contributed by atoms with Gasteiger partial charge in [-0.2, -0.15) is 0 Å². The van der Waals surface area contributed by atoms with Gasteiger partial charge in [-0.15, -0.1) is 6.58 Å². The zero-order valence-corrected chi connectivity index (χ0v) is 17.3. The molecule has 0 fully saturated rings. The highest BCUT2D eigenvalue weighted by molar-refractivity contribution is 6.77.